The standard InChI is InChI=1S/C14H10ClFO/c15-13-7-6-12(16)8-11(13)9-14(17)10-4-2-1-3-5-10/h1-8H,9H2. The molecule has 2 aromatic carbocycles. The Morgan fingerprint density at radius 2 is 1.82 bits per heavy atom. The second kappa shape index (κ2) is 5.11. The lowest BCUT2D eigenvalue weighted by Crippen LogP contribution is -2.04. The molecule has 0 heterocycles. The first-order valence-corrected chi connectivity index (χ1v) is 5.57. The van der Waals surface area contributed by atoms with E-state index in [2.05, 4.69) is 0 Å². The van der Waals surface area contributed by atoms with Gasteiger partial charge in [-0.05, 0) is 23.8 Å². The van der Waals surface area contributed by atoms with Gasteiger partial charge in [-0.1, -0.05) is 41.9 Å². The number of carbonyl (C=O) groups is 1. The molecule has 0 spiro atoms. The van der Waals surface area contributed by atoms with Crippen LogP contribution in [0, 0.1) is 5.82 Å². The molecule has 3 heteroatoms. The fourth-order valence-electron chi connectivity index (χ4n) is 1.58. The Morgan fingerprint density at radius 1 is 1.12 bits per heavy atom. The van der Waals surface area contributed by atoms with Crippen molar-refractivity contribution in [3.05, 3.63) is 70.5 Å². The lowest BCUT2D eigenvalue weighted by molar-refractivity contribution is 0.0993. The largest absolute Gasteiger partial charge is 0.294 e. The van der Waals surface area contributed by atoms with Gasteiger partial charge in [-0.25, -0.2) is 4.39 Å². The van der Waals surface area contributed by atoms with Crippen LogP contribution < -0.4 is 0 Å². The number of carbonyl (C=O) groups excluding carboxylic acids is 1. The van der Waals surface area contributed by atoms with Crippen molar-refractivity contribution in [3.8, 4) is 0 Å². The summed E-state index contributed by atoms with van der Waals surface area (Å²) >= 11 is 5.91. The van der Waals surface area contributed by atoms with Gasteiger partial charge >= 0.3 is 0 Å². The van der Waals surface area contributed by atoms with Gasteiger partial charge in [-0.2, -0.15) is 0 Å². The van der Waals surface area contributed by atoms with Gasteiger partial charge in [0, 0.05) is 17.0 Å². The van der Waals surface area contributed by atoms with E-state index in [9.17, 15) is 9.18 Å². The van der Waals surface area contributed by atoms with E-state index in [1.165, 1.54) is 18.2 Å². The van der Waals surface area contributed by atoms with Crippen molar-refractivity contribution in [2.24, 2.45) is 0 Å². The molecule has 0 radical (unpaired) electrons. The Bertz CT molecular complexity index is 537. The van der Waals surface area contributed by atoms with E-state index in [0.717, 1.165) is 0 Å². The number of benzene rings is 2. The molecule has 0 aliphatic rings. The van der Waals surface area contributed by atoms with Gasteiger partial charge in [0.25, 0.3) is 0 Å². The summed E-state index contributed by atoms with van der Waals surface area (Å²) in [6.07, 6.45) is 0.112. The van der Waals surface area contributed by atoms with Crippen LogP contribution in [0.4, 0.5) is 4.39 Å². The molecule has 1 nitrogen and oxygen atoms in total. The summed E-state index contributed by atoms with van der Waals surface area (Å²) in [5.41, 5.74) is 1.12. The normalized spacial score (nSPS) is 10.2. The van der Waals surface area contributed by atoms with Gasteiger partial charge in [0.2, 0.25) is 0 Å². The van der Waals surface area contributed by atoms with Crippen molar-refractivity contribution >= 4 is 17.4 Å². The molecule has 0 amide bonds. The number of halogens is 2. The molecule has 0 aliphatic carbocycles. The zero-order valence-electron chi connectivity index (χ0n) is 8.99. The summed E-state index contributed by atoms with van der Waals surface area (Å²) in [6, 6.07) is 12.9. The van der Waals surface area contributed by atoms with Crippen LogP contribution in [0.1, 0.15) is 15.9 Å². The topological polar surface area (TPSA) is 17.1 Å². The van der Waals surface area contributed by atoms with Crippen LogP contribution in [0.15, 0.2) is 48.5 Å². The van der Waals surface area contributed by atoms with Crippen LogP contribution in [-0.4, -0.2) is 5.78 Å². The van der Waals surface area contributed by atoms with E-state index in [0.29, 0.717) is 16.1 Å². The molecule has 0 N–H and O–H groups in total. The van der Waals surface area contributed by atoms with Crippen molar-refractivity contribution in [3.63, 3.8) is 0 Å². The molecule has 0 bridgehead atoms. The third-order valence-electron chi connectivity index (χ3n) is 2.45. The number of ketones is 1. The molecule has 0 unspecified atom stereocenters. The maximum atomic E-state index is 13.0. The summed E-state index contributed by atoms with van der Waals surface area (Å²) in [5.74, 6) is -0.455. The van der Waals surface area contributed by atoms with E-state index in [4.69, 9.17) is 11.6 Å². The highest BCUT2D eigenvalue weighted by atomic mass is 35.5. The molecule has 0 aliphatic heterocycles. The second-order valence-corrected chi connectivity index (χ2v) is 4.11. The quantitative estimate of drug-likeness (QED) is 0.753. The summed E-state index contributed by atoms with van der Waals surface area (Å²) < 4.78 is 13.0. The minimum atomic E-state index is -0.384. The van der Waals surface area contributed by atoms with E-state index < -0.39 is 0 Å². The summed E-state index contributed by atoms with van der Waals surface area (Å²) in [5, 5.41) is 0.413. The van der Waals surface area contributed by atoms with Crippen LogP contribution in [0.5, 0.6) is 0 Å². The molecule has 2 aromatic rings. The van der Waals surface area contributed by atoms with Crippen LogP contribution >= 0.6 is 11.6 Å². The summed E-state index contributed by atoms with van der Waals surface area (Å²) in [4.78, 5) is 11.9. The van der Waals surface area contributed by atoms with Crippen molar-refractivity contribution in [1.82, 2.24) is 0 Å². The van der Waals surface area contributed by atoms with Crippen LogP contribution in [0.2, 0.25) is 5.02 Å². The van der Waals surface area contributed by atoms with E-state index in [-0.39, 0.29) is 18.0 Å². The molecule has 0 saturated carbocycles. The first kappa shape index (κ1) is 11.8. The Kier molecular flexibility index (Phi) is 3.55. The fraction of sp³-hybridized carbons (Fsp3) is 0.0714. The Morgan fingerprint density at radius 3 is 2.53 bits per heavy atom. The molecular formula is C14H10ClFO. The lowest BCUT2D eigenvalue weighted by Gasteiger charge is -2.04. The van der Waals surface area contributed by atoms with Gasteiger partial charge in [0.15, 0.2) is 5.78 Å². The Balaban J connectivity index is 2.22. The summed E-state index contributed by atoms with van der Waals surface area (Å²) in [7, 11) is 0. The van der Waals surface area contributed by atoms with E-state index in [1.54, 1.807) is 24.3 Å². The molecule has 0 atom stereocenters. The predicted octanol–water partition coefficient (Wildman–Crippen LogP) is 3.90. The maximum Gasteiger partial charge on any atom is 0.167 e. The second-order valence-electron chi connectivity index (χ2n) is 3.70. The zero-order valence-corrected chi connectivity index (χ0v) is 9.75. The Labute approximate surface area is 104 Å². The average Bonchev–Trinajstić information content (AvgIpc) is 2.35. The smallest absolute Gasteiger partial charge is 0.167 e. The molecular weight excluding hydrogens is 239 g/mol. The zero-order chi connectivity index (χ0) is 12.3. The van der Waals surface area contributed by atoms with Gasteiger partial charge in [0.1, 0.15) is 5.82 Å². The average molecular weight is 249 g/mol. The minimum absolute atomic E-state index is 0.0712. The van der Waals surface area contributed by atoms with Crippen molar-refractivity contribution in [1.29, 1.82) is 0 Å². The third-order valence-corrected chi connectivity index (χ3v) is 2.82. The lowest BCUT2D eigenvalue weighted by atomic mass is 10.0. The molecule has 0 saturated heterocycles. The highest BCUT2D eigenvalue weighted by Crippen LogP contribution is 2.19. The SMILES string of the molecule is O=C(Cc1cc(F)ccc1Cl)c1ccccc1. The molecule has 86 valence electrons. The maximum absolute atomic E-state index is 13.0. The van der Waals surface area contributed by atoms with Crippen LogP contribution in [0.25, 0.3) is 0 Å². The van der Waals surface area contributed by atoms with Crippen molar-refractivity contribution < 1.29 is 9.18 Å². The van der Waals surface area contributed by atoms with Crippen LogP contribution in [0.3, 0.4) is 0 Å². The van der Waals surface area contributed by atoms with Crippen molar-refractivity contribution in [2.75, 3.05) is 0 Å². The number of hydrogen-bond donors (Lipinski definition) is 0. The fourth-order valence-corrected chi connectivity index (χ4v) is 1.76. The molecule has 17 heavy (non-hydrogen) atoms. The van der Waals surface area contributed by atoms with E-state index >= 15 is 0 Å². The van der Waals surface area contributed by atoms with Gasteiger partial charge in [-0.15, -0.1) is 0 Å². The molecule has 0 aromatic heterocycles. The van der Waals surface area contributed by atoms with E-state index in [1.807, 2.05) is 6.07 Å². The van der Waals surface area contributed by atoms with Gasteiger partial charge in [-0.3, -0.25) is 4.79 Å². The number of Topliss-reactive ketones (excluding diaryl/α,β-unsaturated/α-hetero) is 1. The number of hydrogen-bond acceptors (Lipinski definition) is 1. The highest BCUT2D eigenvalue weighted by Gasteiger charge is 2.09. The van der Waals surface area contributed by atoms with Crippen molar-refractivity contribution in [2.45, 2.75) is 6.42 Å². The summed E-state index contributed by atoms with van der Waals surface area (Å²) in [6.45, 7) is 0. The highest BCUT2D eigenvalue weighted by molar-refractivity contribution is 6.31. The minimum Gasteiger partial charge on any atom is -0.294 e. The van der Waals surface area contributed by atoms with Crippen LogP contribution in [-0.2, 0) is 6.42 Å². The molecule has 0 fully saturated rings. The third kappa shape index (κ3) is 2.92. The Hall–Kier alpha value is -1.67. The first-order chi connectivity index (χ1) is 8.16. The monoisotopic (exact) mass is 248 g/mol. The molecule has 2 rings (SSSR count). The number of rotatable bonds is 3. The van der Waals surface area contributed by atoms with Gasteiger partial charge in [0.05, 0.1) is 0 Å². The van der Waals surface area contributed by atoms with Gasteiger partial charge < -0.3 is 0 Å². The predicted molar refractivity (Wildman–Crippen MR) is 65.9 cm³/mol. The first-order valence-electron chi connectivity index (χ1n) is 5.19.